The summed E-state index contributed by atoms with van der Waals surface area (Å²) < 4.78 is 32.2. The van der Waals surface area contributed by atoms with Crippen LogP contribution in [0.2, 0.25) is 0 Å². The Morgan fingerprint density at radius 2 is 2.18 bits per heavy atom. The molecule has 0 atom stereocenters. The summed E-state index contributed by atoms with van der Waals surface area (Å²) in [7, 11) is -3.38. The van der Waals surface area contributed by atoms with Gasteiger partial charge in [0.05, 0.1) is 16.3 Å². The van der Waals surface area contributed by atoms with Crippen molar-refractivity contribution in [2.45, 2.75) is 10.6 Å². The van der Waals surface area contributed by atoms with Gasteiger partial charge in [0, 0.05) is 6.54 Å². The molecule has 92 valence electrons. The van der Waals surface area contributed by atoms with Crippen LogP contribution in [0, 0.1) is 0 Å². The van der Waals surface area contributed by atoms with Crippen LogP contribution in [0.25, 0.3) is 0 Å². The van der Waals surface area contributed by atoms with Crippen molar-refractivity contribution < 1.29 is 12.8 Å². The highest BCUT2D eigenvalue weighted by Crippen LogP contribution is 2.25. The second kappa shape index (κ2) is 5.34. The molecule has 0 aromatic carbocycles. The largest absolute Gasteiger partial charge is 0.472 e. The summed E-state index contributed by atoms with van der Waals surface area (Å²) in [6.45, 7) is 0.359. The summed E-state index contributed by atoms with van der Waals surface area (Å²) in [5, 5.41) is 0. The van der Waals surface area contributed by atoms with Gasteiger partial charge in [-0.2, -0.15) is 0 Å². The lowest BCUT2D eigenvalue weighted by Crippen LogP contribution is -2.25. The summed E-state index contributed by atoms with van der Waals surface area (Å²) in [4.78, 5) is 0. The van der Waals surface area contributed by atoms with Gasteiger partial charge in [-0.3, -0.25) is 0 Å². The van der Waals surface area contributed by atoms with Gasteiger partial charge >= 0.3 is 0 Å². The third-order valence-corrected chi connectivity index (χ3v) is 5.68. The number of hydrogen-bond donors (Lipinski definition) is 1. The Morgan fingerprint density at radius 1 is 1.35 bits per heavy atom. The molecule has 0 saturated heterocycles. The summed E-state index contributed by atoms with van der Waals surface area (Å²) >= 11 is 4.43. The SMILES string of the molecule is O=S(=O)(NCCc1ccoc1)c1ccc(Br)s1. The Labute approximate surface area is 112 Å². The highest BCUT2D eigenvalue weighted by Gasteiger charge is 2.15. The first kappa shape index (κ1) is 12.8. The molecular weight excluding hydrogens is 326 g/mol. The van der Waals surface area contributed by atoms with Crippen LogP contribution in [0.15, 0.2) is 43.1 Å². The van der Waals surface area contributed by atoms with Crippen molar-refractivity contribution >= 4 is 37.3 Å². The van der Waals surface area contributed by atoms with E-state index in [1.807, 2.05) is 6.07 Å². The van der Waals surface area contributed by atoms with Crippen molar-refractivity contribution in [3.05, 3.63) is 40.1 Å². The maximum Gasteiger partial charge on any atom is 0.250 e. The first-order valence-electron chi connectivity index (χ1n) is 4.84. The van der Waals surface area contributed by atoms with E-state index < -0.39 is 10.0 Å². The van der Waals surface area contributed by atoms with Crippen LogP contribution in [-0.4, -0.2) is 15.0 Å². The van der Waals surface area contributed by atoms with Crippen LogP contribution >= 0.6 is 27.3 Å². The smallest absolute Gasteiger partial charge is 0.250 e. The van der Waals surface area contributed by atoms with Gasteiger partial charge in [0.1, 0.15) is 4.21 Å². The lowest BCUT2D eigenvalue weighted by molar-refractivity contribution is 0.562. The molecule has 17 heavy (non-hydrogen) atoms. The number of rotatable bonds is 5. The normalized spacial score (nSPS) is 11.8. The van der Waals surface area contributed by atoms with Crippen molar-refractivity contribution in [3.8, 4) is 0 Å². The zero-order chi connectivity index (χ0) is 12.3. The van der Waals surface area contributed by atoms with E-state index >= 15 is 0 Å². The van der Waals surface area contributed by atoms with Crippen LogP contribution < -0.4 is 4.72 Å². The van der Waals surface area contributed by atoms with E-state index in [0.29, 0.717) is 17.2 Å². The Balaban J connectivity index is 1.94. The second-order valence-corrected chi connectivity index (χ2v) is 7.79. The predicted molar refractivity (Wildman–Crippen MR) is 69.6 cm³/mol. The maximum atomic E-state index is 11.8. The molecule has 0 saturated carbocycles. The Bertz CT molecular complexity index is 574. The molecule has 0 aliphatic heterocycles. The van der Waals surface area contributed by atoms with E-state index in [4.69, 9.17) is 4.42 Å². The topological polar surface area (TPSA) is 59.3 Å². The van der Waals surface area contributed by atoms with Crippen LogP contribution in [0.3, 0.4) is 0 Å². The molecular formula is C10H10BrNO3S2. The van der Waals surface area contributed by atoms with Crippen LogP contribution in [0.4, 0.5) is 0 Å². The fraction of sp³-hybridized carbons (Fsp3) is 0.200. The fourth-order valence-electron chi connectivity index (χ4n) is 1.28. The number of thiophene rings is 1. The molecule has 2 aromatic heterocycles. The fourth-order valence-corrected chi connectivity index (χ4v) is 4.36. The number of furan rings is 1. The molecule has 0 unspecified atom stereocenters. The molecule has 0 aliphatic rings. The Morgan fingerprint density at radius 3 is 2.76 bits per heavy atom. The van der Waals surface area contributed by atoms with Crippen molar-refractivity contribution in [3.63, 3.8) is 0 Å². The monoisotopic (exact) mass is 335 g/mol. The molecule has 0 fully saturated rings. The number of hydrogen-bond acceptors (Lipinski definition) is 4. The molecule has 2 heterocycles. The van der Waals surface area contributed by atoms with Gasteiger partial charge in [-0.1, -0.05) is 0 Å². The maximum absolute atomic E-state index is 11.8. The highest BCUT2D eigenvalue weighted by molar-refractivity contribution is 9.11. The van der Waals surface area contributed by atoms with Gasteiger partial charge < -0.3 is 4.42 Å². The summed E-state index contributed by atoms with van der Waals surface area (Å²) in [6, 6.07) is 5.11. The average Bonchev–Trinajstić information content (AvgIpc) is 2.89. The van der Waals surface area contributed by atoms with Crippen LogP contribution in [-0.2, 0) is 16.4 Å². The van der Waals surface area contributed by atoms with Crippen LogP contribution in [0.5, 0.6) is 0 Å². The third-order valence-electron chi connectivity index (χ3n) is 2.10. The molecule has 7 heteroatoms. The summed E-state index contributed by atoms with van der Waals surface area (Å²) in [5.41, 5.74) is 0.972. The summed E-state index contributed by atoms with van der Waals surface area (Å²) in [5.74, 6) is 0. The molecule has 4 nitrogen and oxygen atoms in total. The van der Waals surface area contributed by atoms with Gasteiger partial charge in [0.15, 0.2) is 0 Å². The van der Waals surface area contributed by atoms with E-state index in [1.165, 1.54) is 11.3 Å². The van der Waals surface area contributed by atoms with Crippen LogP contribution in [0.1, 0.15) is 5.56 Å². The van der Waals surface area contributed by atoms with Gasteiger partial charge in [-0.15, -0.1) is 11.3 Å². The molecule has 2 aromatic rings. The van der Waals surface area contributed by atoms with Gasteiger partial charge in [0.2, 0.25) is 10.0 Å². The predicted octanol–water partition coefficient (Wildman–Crippen LogP) is 2.62. The van der Waals surface area contributed by atoms with E-state index in [0.717, 1.165) is 9.35 Å². The van der Waals surface area contributed by atoms with Crippen molar-refractivity contribution in [1.29, 1.82) is 0 Å². The molecule has 0 bridgehead atoms. The standard InChI is InChI=1S/C10H10BrNO3S2/c11-9-1-2-10(16-9)17(13,14)12-5-3-8-4-6-15-7-8/h1-2,4,6-7,12H,3,5H2. The average molecular weight is 336 g/mol. The molecule has 0 radical (unpaired) electrons. The lowest BCUT2D eigenvalue weighted by atomic mass is 10.2. The van der Waals surface area contributed by atoms with E-state index in [-0.39, 0.29) is 0 Å². The second-order valence-electron chi connectivity index (χ2n) is 3.34. The van der Waals surface area contributed by atoms with Gasteiger partial charge in [-0.25, -0.2) is 13.1 Å². The van der Waals surface area contributed by atoms with Gasteiger partial charge in [-0.05, 0) is 46.1 Å². The number of nitrogens with one attached hydrogen (secondary N) is 1. The molecule has 0 amide bonds. The Kier molecular flexibility index (Phi) is 4.03. The zero-order valence-corrected chi connectivity index (χ0v) is 11.9. The number of halogens is 1. The zero-order valence-electron chi connectivity index (χ0n) is 8.72. The van der Waals surface area contributed by atoms with Crippen molar-refractivity contribution in [1.82, 2.24) is 4.72 Å². The highest BCUT2D eigenvalue weighted by atomic mass is 79.9. The van der Waals surface area contributed by atoms with E-state index in [2.05, 4.69) is 20.7 Å². The van der Waals surface area contributed by atoms with Crippen molar-refractivity contribution in [2.75, 3.05) is 6.54 Å². The molecule has 1 N–H and O–H groups in total. The summed E-state index contributed by atoms with van der Waals surface area (Å²) in [6.07, 6.45) is 3.79. The Hall–Kier alpha value is -0.630. The molecule has 2 rings (SSSR count). The lowest BCUT2D eigenvalue weighted by Gasteiger charge is -2.02. The number of sulfonamides is 1. The van der Waals surface area contributed by atoms with E-state index in [1.54, 1.807) is 24.7 Å². The third kappa shape index (κ3) is 3.41. The van der Waals surface area contributed by atoms with E-state index in [9.17, 15) is 8.42 Å². The minimum absolute atomic E-state index is 0.316. The molecule has 0 spiro atoms. The minimum atomic E-state index is -3.38. The molecule has 0 aliphatic carbocycles. The van der Waals surface area contributed by atoms with Gasteiger partial charge in [0.25, 0.3) is 0 Å². The van der Waals surface area contributed by atoms with Crippen molar-refractivity contribution in [2.24, 2.45) is 0 Å². The first-order chi connectivity index (χ1) is 8.08. The minimum Gasteiger partial charge on any atom is -0.472 e. The first-order valence-corrected chi connectivity index (χ1v) is 7.93. The quantitative estimate of drug-likeness (QED) is 0.913.